The number of ether oxygens (including phenoxy) is 2. The molecule has 0 aromatic carbocycles. The Hall–Kier alpha value is -0.610. The second-order valence-corrected chi connectivity index (χ2v) is 1.88. The minimum atomic E-state index is -0.301. The summed E-state index contributed by atoms with van der Waals surface area (Å²) >= 11 is 0. The molecule has 0 saturated heterocycles. The van der Waals surface area contributed by atoms with Crippen LogP contribution in [0, 0.1) is 0 Å². The Bertz CT molecular complexity index is 105. The number of carbonyl (C=O) groups is 1. The van der Waals surface area contributed by atoms with Crippen LogP contribution in [0.5, 0.6) is 0 Å². The van der Waals surface area contributed by atoms with Gasteiger partial charge in [0.15, 0.2) is 0 Å². The average Bonchev–Trinajstić information content (AvgIpc) is 1.98. The van der Waals surface area contributed by atoms with Crippen LogP contribution in [0.25, 0.3) is 0 Å². The van der Waals surface area contributed by atoms with Crippen LogP contribution < -0.4 is 5.32 Å². The van der Waals surface area contributed by atoms with Crippen LogP contribution in [0.15, 0.2) is 0 Å². The van der Waals surface area contributed by atoms with Crippen molar-refractivity contribution in [3.8, 4) is 0 Å². The molecule has 0 aliphatic rings. The van der Waals surface area contributed by atoms with Gasteiger partial charge < -0.3 is 9.47 Å². The van der Waals surface area contributed by atoms with Crippen LogP contribution in [0.4, 0.5) is 0 Å². The summed E-state index contributed by atoms with van der Waals surface area (Å²) in [6, 6.07) is -0.301. The summed E-state index contributed by atoms with van der Waals surface area (Å²) in [5.74, 6) is -0.281. The van der Waals surface area contributed by atoms with E-state index >= 15 is 0 Å². The van der Waals surface area contributed by atoms with Gasteiger partial charge in [0, 0.05) is 7.11 Å². The molecule has 0 amide bonds. The van der Waals surface area contributed by atoms with Crippen LogP contribution in [-0.4, -0.2) is 33.0 Å². The predicted molar refractivity (Wildman–Crippen MR) is 36.5 cm³/mol. The lowest BCUT2D eigenvalue weighted by atomic mass is 10.3. The highest BCUT2D eigenvalue weighted by molar-refractivity contribution is 5.74. The number of esters is 1. The summed E-state index contributed by atoms with van der Waals surface area (Å²) in [4.78, 5) is 10.7. The van der Waals surface area contributed by atoms with E-state index in [1.165, 1.54) is 7.11 Å². The maximum atomic E-state index is 10.7. The van der Waals surface area contributed by atoms with E-state index < -0.39 is 0 Å². The van der Waals surface area contributed by atoms with E-state index in [1.807, 2.05) is 0 Å². The molecule has 0 saturated carbocycles. The Balaban J connectivity index is 3.41. The molecule has 0 bridgehead atoms. The van der Waals surface area contributed by atoms with Crippen LogP contribution in [0.3, 0.4) is 0 Å². The van der Waals surface area contributed by atoms with E-state index in [0.717, 1.165) is 0 Å². The van der Waals surface area contributed by atoms with Crippen molar-refractivity contribution in [2.24, 2.45) is 0 Å². The van der Waals surface area contributed by atoms with Crippen molar-refractivity contribution in [1.29, 1.82) is 0 Å². The Labute approximate surface area is 60.5 Å². The number of carbonyl (C=O) groups excluding carboxylic acids is 1. The summed E-state index contributed by atoms with van der Waals surface area (Å²) in [6.45, 7) is 2.07. The predicted octanol–water partition coefficient (Wildman–Crippen LogP) is -0.259. The zero-order valence-electron chi connectivity index (χ0n) is 6.51. The summed E-state index contributed by atoms with van der Waals surface area (Å²) in [7, 11) is 2.91. The summed E-state index contributed by atoms with van der Waals surface area (Å²) in [5.41, 5.74) is 0. The molecule has 0 radical (unpaired) electrons. The fourth-order valence-electron chi connectivity index (χ4n) is 0.468. The zero-order valence-corrected chi connectivity index (χ0v) is 6.51. The van der Waals surface area contributed by atoms with Gasteiger partial charge in [-0.1, -0.05) is 0 Å². The molecule has 60 valence electrons. The third-order valence-corrected chi connectivity index (χ3v) is 1.09. The van der Waals surface area contributed by atoms with E-state index in [2.05, 4.69) is 14.8 Å². The number of rotatable bonds is 4. The first-order valence-electron chi connectivity index (χ1n) is 3.02. The topological polar surface area (TPSA) is 47.6 Å². The van der Waals surface area contributed by atoms with E-state index in [1.54, 1.807) is 14.0 Å². The molecule has 0 aliphatic heterocycles. The summed E-state index contributed by atoms with van der Waals surface area (Å²) in [5, 5.41) is 2.79. The summed E-state index contributed by atoms with van der Waals surface area (Å²) in [6.07, 6.45) is 0. The average molecular weight is 147 g/mol. The fourth-order valence-corrected chi connectivity index (χ4v) is 0.468. The normalized spacial score (nSPS) is 12.7. The molecule has 0 unspecified atom stereocenters. The van der Waals surface area contributed by atoms with Crippen molar-refractivity contribution in [3.63, 3.8) is 0 Å². The molecule has 0 fully saturated rings. The van der Waals surface area contributed by atoms with Gasteiger partial charge in [-0.15, -0.1) is 0 Å². The third kappa shape index (κ3) is 3.42. The molecular weight excluding hydrogens is 134 g/mol. The van der Waals surface area contributed by atoms with Crippen molar-refractivity contribution >= 4 is 5.97 Å². The molecule has 4 heteroatoms. The van der Waals surface area contributed by atoms with E-state index in [0.29, 0.717) is 6.73 Å². The van der Waals surface area contributed by atoms with Crippen LogP contribution in [0.1, 0.15) is 6.92 Å². The van der Waals surface area contributed by atoms with Crippen LogP contribution in [-0.2, 0) is 14.3 Å². The van der Waals surface area contributed by atoms with Gasteiger partial charge in [-0.05, 0) is 6.92 Å². The SMILES string of the molecule is COCN[C@@H](C)C(=O)OC. The summed E-state index contributed by atoms with van der Waals surface area (Å²) < 4.78 is 9.14. The van der Waals surface area contributed by atoms with Gasteiger partial charge in [-0.25, -0.2) is 0 Å². The highest BCUT2D eigenvalue weighted by Gasteiger charge is 2.10. The number of nitrogens with one attached hydrogen (secondary N) is 1. The van der Waals surface area contributed by atoms with Crippen LogP contribution >= 0.6 is 0 Å². The maximum Gasteiger partial charge on any atom is 0.322 e. The third-order valence-electron chi connectivity index (χ3n) is 1.09. The molecular formula is C6H13NO3. The quantitative estimate of drug-likeness (QED) is 0.439. The van der Waals surface area contributed by atoms with Crippen molar-refractivity contribution in [3.05, 3.63) is 0 Å². The van der Waals surface area contributed by atoms with Crippen molar-refractivity contribution in [2.75, 3.05) is 21.0 Å². The Morgan fingerprint density at radius 2 is 2.20 bits per heavy atom. The maximum absolute atomic E-state index is 10.7. The van der Waals surface area contributed by atoms with Gasteiger partial charge in [-0.2, -0.15) is 0 Å². The molecule has 0 rings (SSSR count). The molecule has 0 aromatic heterocycles. The first kappa shape index (κ1) is 9.39. The first-order valence-corrected chi connectivity index (χ1v) is 3.02. The Morgan fingerprint density at radius 1 is 1.60 bits per heavy atom. The fraction of sp³-hybridized carbons (Fsp3) is 0.833. The number of methoxy groups -OCH3 is 2. The van der Waals surface area contributed by atoms with Crippen LogP contribution in [0.2, 0.25) is 0 Å². The van der Waals surface area contributed by atoms with Gasteiger partial charge >= 0.3 is 5.97 Å². The van der Waals surface area contributed by atoms with Gasteiger partial charge in [-0.3, -0.25) is 10.1 Å². The number of hydrogen-bond acceptors (Lipinski definition) is 4. The molecule has 0 aliphatic carbocycles. The van der Waals surface area contributed by atoms with Crippen molar-refractivity contribution < 1.29 is 14.3 Å². The zero-order chi connectivity index (χ0) is 7.98. The lowest BCUT2D eigenvalue weighted by Gasteiger charge is -2.09. The first-order chi connectivity index (χ1) is 4.72. The lowest BCUT2D eigenvalue weighted by molar-refractivity contribution is -0.143. The molecule has 0 spiro atoms. The largest absolute Gasteiger partial charge is 0.468 e. The highest BCUT2D eigenvalue weighted by Crippen LogP contribution is 1.83. The molecule has 0 heterocycles. The molecule has 1 N–H and O–H groups in total. The number of hydrogen-bond donors (Lipinski definition) is 1. The molecule has 0 aromatic rings. The van der Waals surface area contributed by atoms with Crippen molar-refractivity contribution in [1.82, 2.24) is 5.32 Å². The van der Waals surface area contributed by atoms with E-state index in [4.69, 9.17) is 0 Å². The Morgan fingerprint density at radius 3 is 2.60 bits per heavy atom. The minimum Gasteiger partial charge on any atom is -0.468 e. The monoisotopic (exact) mass is 147 g/mol. The molecule has 4 nitrogen and oxygen atoms in total. The molecule has 10 heavy (non-hydrogen) atoms. The standard InChI is InChI=1S/C6H13NO3/c1-5(6(8)10-3)7-4-9-2/h5,7H,4H2,1-3H3/t5-/m0/s1. The highest BCUT2D eigenvalue weighted by atomic mass is 16.5. The van der Waals surface area contributed by atoms with Gasteiger partial charge in [0.25, 0.3) is 0 Å². The smallest absolute Gasteiger partial charge is 0.322 e. The van der Waals surface area contributed by atoms with Crippen molar-refractivity contribution in [2.45, 2.75) is 13.0 Å². The van der Waals surface area contributed by atoms with E-state index in [-0.39, 0.29) is 12.0 Å². The Kier molecular flexibility index (Phi) is 4.88. The molecule has 1 atom stereocenters. The minimum absolute atomic E-state index is 0.281. The van der Waals surface area contributed by atoms with Gasteiger partial charge in [0.1, 0.15) is 6.04 Å². The van der Waals surface area contributed by atoms with Gasteiger partial charge in [0.2, 0.25) is 0 Å². The lowest BCUT2D eigenvalue weighted by Crippen LogP contribution is -2.35. The second kappa shape index (κ2) is 5.20. The van der Waals surface area contributed by atoms with E-state index in [9.17, 15) is 4.79 Å². The second-order valence-electron chi connectivity index (χ2n) is 1.88. The van der Waals surface area contributed by atoms with Gasteiger partial charge in [0.05, 0.1) is 13.8 Å².